The van der Waals surface area contributed by atoms with E-state index in [9.17, 15) is 0 Å². The van der Waals surface area contributed by atoms with Crippen LogP contribution in [0, 0.1) is 13.8 Å². The van der Waals surface area contributed by atoms with Crippen molar-refractivity contribution in [3.8, 4) is 0 Å². The summed E-state index contributed by atoms with van der Waals surface area (Å²) < 4.78 is 0. The Morgan fingerprint density at radius 1 is 1.29 bits per heavy atom. The molecule has 0 saturated carbocycles. The zero-order chi connectivity index (χ0) is 12.3. The smallest absolute Gasteiger partial charge is 0.0440 e. The molecule has 1 aromatic carbocycles. The van der Waals surface area contributed by atoms with Crippen LogP contribution in [0.5, 0.6) is 0 Å². The Labute approximate surface area is 109 Å². The molecular formula is C15H23NS. The van der Waals surface area contributed by atoms with Gasteiger partial charge in [0.15, 0.2) is 0 Å². The summed E-state index contributed by atoms with van der Waals surface area (Å²) in [6.07, 6.45) is 4.13. The van der Waals surface area contributed by atoms with Gasteiger partial charge in [-0.2, -0.15) is 11.8 Å². The molecule has 2 rings (SSSR count). The first-order valence-electron chi connectivity index (χ1n) is 6.59. The summed E-state index contributed by atoms with van der Waals surface area (Å²) in [7, 11) is 2.10. The van der Waals surface area contributed by atoms with Gasteiger partial charge in [0.25, 0.3) is 0 Å². The van der Waals surface area contributed by atoms with E-state index in [4.69, 9.17) is 0 Å². The van der Waals surface area contributed by atoms with Gasteiger partial charge in [0.2, 0.25) is 0 Å². The van der Waals surface area contributed by atoms with Crippen LogP contribution in [-0.4, -0.2) is 18.1 Å². The van der Waals surface area contributed by atoms with Gasteiger partial charge < -0.3 is 5.32 Å². The fraction of sp³-hybridized carbons (Fsp3) is 0.600. The Hall–Kier alpha value is -0.470. The van der Waals surface area contributed by atoms with Crippen molar-refractivity contribution >= 4 is 11.8 Å². The van der Waals surface area contributed by atoms with Crippen molar-refractivity contribution in [2.24, 2.45) is 0 Å². The topological polar surface area (TPSA) is 12.0 Å². The van der Waals surface area contributed by atoms with E-state index < -0.39 is 0 Å². The first-order chi connectivity index (χ1) is 8.24. The maximum atomic E-state index is 3.54. The average molecular weight is 249 g/mol. The molecule has 1 nitrogen and oxygen atoms in total. The van der Waals surface area contributed by atoms with Gasteiger partial charge in [-0.25, -0.2) is 0 Å². The molecule has 94 valence electrons. The van der Waals surface area contributed by atoms with Gasteiger partial charge in [-0.1, -0.05) is 24.6 Å². The molecule has 0 amide bonds. The molecule has 0 bridgehead atoms. The third kappa shape index (κ3) is 2.86. The van der Waals surface area contributed by atoms with Crippen LogP contribution in [0.25, 0.3) is 0 Å². The van der Waals surface area contributed by atoms with E-state index in [0.717, 1.165) is 5.25 Å². The molecule has 0 aliphatic carbocycles. The highest BCUT2D eigenvalue weighted by Crippen LogP contribution is 2.36. The molecular weight excluding hydrogens is 226 g/mol. The van der Waals surface area contributed by atoms with Gasteiger partial charge in [0.05, 0.1) is 0 Å². The van der Waals surface area contributed by atoms with E-state index in [1.807, 2.05) is 0 Å². The van der Waals surface area contributed by atoms with E-state index >= 15 is 0 Å². The Bertz CT molecular complexity index is 369. The fourth-order valence-electron chi connectivity index (χ4n) is 2.68. The highest BCUT2D eigenvalue weighted by atomic mass is 32.2. The van der Waals surface area contributed by atoms with Crippen molar-refractivity contribution in [1.29, 1.82) is 0 Å². The quantitative estimate of drug-likeness (QED) is 0.873. The van der Waals surface area contributed by atoms with Crippen LogP contribution in [0.2, 0.25) is 0 Å². The second-order valence-corrected chi connectivity index (χ2v) is 6.31. The van der Waals surface area contributed by atoms with Crippen LogP contribution in [0.1, 0.15) is 42.0 Å². The number of rotatable bonds is 3. The number of benzene rings is 1. The minimum absolute atomic E-state index is 0.514. The normalized spacial score (nSPS) is 22.4. The van der Waals surface area contributed by atoms with Crippen LogP contribution in [-0.2, 0) is 0 Å². The fourth-order valence-corrected chi connectivity index (χ4v) is 4.16. The van der Waals surface area contributed by atoms with Crippen LogP contribution in [0.3, 0.4) is 0 Å². The van der Waals surface area contributed by atoms with Gasteiger partial charge in [0.1, 0.15) is 0 Å². The monoisotopic (exact) mass is 249 g/mol. The lowest BCUT2D eigenvalue weighted by molar-refractivity contribution is 0.514. The van der Waals surface area contributed by atoms with Crippen LogP contribution < -0.4 is 5.32 Å². The highest BCUT2D eigenvalue weighted by molar-refractivity contribution is 8.00. The second-order valence-electron chi connectivity index (χ2n) is 4.96. The summed E-state index contributed by atoms with van der Waals surface area (Å²) in [5.41, 5.74) is 4.36. The molecule has 0 spiro atoms. The molecule has 1 N–H and O–H groups in total. The largest absolute Gasteiger partial charge is 0.312 e. The molecule has 2 unspecified atom stereocenters. The van der Waals surface area contributed by atoms with Gasteiger partial charge >= 0.3 is 0 Å². The highest BCUT2D eigenvalue weighted by Gasteiger charge is 2.25. The molecule has 1 heterocycles. The molecule has 2 heteroatoms. The zero-order valence-corrected chi connectivity index (χ0v) is 11.9. The number of thioether (sulfide) groups is 1. The van der Waals surface area contributed by atoms with Crippen molar-refractivity contribution in [2.75, 3.05) is 12.8 Å². The lowest BCUT2D eigenvalue weighted by Gasteiger charge is -2.31. The first kappa shape index (κ1) is 13.0. The van der Waals surface area contributed by atoms with Crippen LogP contribution >= 0.6 is 11.8 Å². The molecule has 0 radical (unpaired) electrons. The van der Waals surface area contributed by atoms with E-state index in [-0.39, 0.29) is 0 Å². The van der Waals surface area contributed by atoms with E-state index in [2.05, 4.69) is 56.2 Å². The van der Waals surface area contributed by atoms with Gasteiger partial charge in [-0.3, -0.25) is 0 Å². The number of hydrogen-bond donors (Lipinski definition) is 1. The second kappa shape index (κ2) is 5.92. The van der Waals surface area contributed by atoms with Crippen LogP contribution in [0.4, 0.5) is 0 Å². The number of nitrogens with one attached hydrogen (secondary N) is 1. The Morgan fingerprint density at radius 2 is 2.12 bits per heavy atom. The molecule has 2 atom stereocenters. The minimum atomic E-state index is 0.514. The summed E-state index contributed by atoms with van der Waals surface area (Å²) in [6, 6.07) is 7.20. The lowest BCUT2D eigenvalue weighted by atomic mass is 9.93. The summed E-state index contributed by atoms with van der Waals surface area (Å²) in [6.45, 7) is 4.46. The molecule has 1 aromatic rings. The maximum Gasteiger partial charge on any atom is 0.0440 e. The SMILES string of the molecule is CNC(c1cccc(C)c1C)C1CCCCS1. The Morgan fingerprint density at radius 3 is 2.76 bits per heavy atom. The minimum Gasteiger partial charge on any atom is -0.312 e. The van der Waals surface area contributed by atoms with Crippen molar-refractivity contribution in [1.82, 2.24) is 5.32 Å². The van der Waals surface area contributed by atoms with Gasteiger partial charge in [0, 0.05) is 11.3 Å². The van der Waals surface area contributed by atoms with Crippen molar-refractivity contribution in [2.45, 2.75) is 44.4 Å². The molecule has 1 saturated heterocycles. The maximum absolute atomic E-state index is 3.54. The van der Waals surface area contributed by atoms with Crippen molar-refractivity contribution in [3.63, 3.8) is 0 Å². The predicted octanol–water partition coefficient (Wildman–Crippen LogP) is 3.85. The summed E-state index contributed by atoms with van der Waals surface area (Å²) in [5.74, 6) is 1.33. The molecule has 1 fully saturated rings. The predicted molar refractivity (Wildman–Crippen MR) is 77.8 cm³/mol. The third-order valence-electron chi connectivity index (χ3n) is 3.88. The zero-order valence-electron chi connectivity index (χ0n) is 11.1. The van der Waals surface area contributed by atoms with Gasteiger partial charge in [-0.05, 0) is 56.2 Å². The molecule has 1 aliphatic heterocycles. The lowest BCUT2D eigenvalue weighted by Crippen LogP contribution is -2.30. The van der Waals surface area contributed by atoms with Crippen molar-refractivity contribution < 1.29 is 0 Å². The van der Waals surface area contributed by atoms with Crippen LogP contribution in [0.15, 0.2) is 18.2 Å². The number of aryl methyl sites for hydroxylation is 1. The molecule has 1 aliphatic rings. The standard InChI is InChI=1S/C15H23NS/c1-11-7-6-8-13(12(11)2)15(16-3)14-9-4-5-10-17-14/h6-8,14-16H,4-5,9-10H2,1-3H3. The Kier molecular flexibility index (Phi) is 4.52. The summed E-state index contributed by atoms with van der Waals surface area (Å²) >= 11 is 2.14. The number of hydrogen-bond acceptors (Lipinski definition) is 2. The first-order valence-corrected chi connectivity index (χ1v) is 7.64. The average Bonchev–Trinajstić information content (AvgIpc) is 2.37. The third-order valence-corrected chi connectivity index (χ3v) is 5.34. The summed E-state index contributed by atoms with van der Waals surface area (Å²) in [4.78, 5) is 0. The van der Waals surface area contributed by atoms with Crippen molar-refractivity contribution in [3.05, 3.63) is 34.9 Å². The molecule has 17 heavy (non-hydrogen) atoms. The van der Waals surface area contributed by atoms with Gasteiger partial charge in [-0.15, -0.1) is 0 Å². The van der Waals surface area contributed by atoms with E-state index in [0.29, 0.717) is 6.04 Å². The Balaban J connectivity index is 2.24. The van der Waals surface area contributed by atoms with E-state index in [1.165, 1.54) is 41.7 Å². The molecule has 0 aromatic heterocycles. The van der Waals surface area contributed by atoms with E-state index in [1.54, 1.807) is 0 Å². The summed E-state index contributed by atoms with van der Waals surface area (Å²) in [5, 5.41) is 4.28.